The van der Waals surface area contributed by atoms with Crippen LogP contribution in [0.4, 0.5) is 4.39 Å². The third-order valence-corrected chi connectivity index (χ3v) is 3.33. The Morgan fingerprint density at radius 3 is 2.55 bits per heavy atom. The first-order valence-corrected chi connectivity index (χ1v) is 6.40. The lowest BCUT2D eigenvalue weighted by atomic mass is 10.1. The van der Waals surface area contributed by atoms with Gasteiger partial charge in [-0.15, -0.1) is 0 Å². The highest BCUT2D eigenvalue weighted by atomic mass is 19.1. The number of ether oxygens (including phenoxy) is 1. The number of nitriles is 1. The number of aryl methyl sites for hydroxylation is 2. The molecule has 2 aromatic rings. The van der Waals surface area contributed by atoms with E-state index in [-0.39, 0.29) is 6.61 Å². The first-order chi connectivity index (χ1) is 9.51. The second-order valence-corrected chi connectivity index (χ2v) is 4.91. The van der Waals surface area contributed by atoms with Gasteiger partial charge in [0, 0.05) is 5.56 Å². The highest BCUT2D eigenvalue weighted by Crippen LogP contribution is 2.24. The Labute approximate surface area is 118 Å². The molecule has 102 valence electrons. The molecule has 0 saturated carbocycles. The molecule has 0 atom stereocenters. The molecule has 0 bridgehead atoms. The molecular formula is C17H16FNO. The van der Waals surface area contributed by atoms with Crippen molar-refractivity contribution in [1.82, 2.24) is 0 Å². The molecule has 0 fully saturated rings. The molecule has 0 amide bonds. The Bertz CT molecular complexity index is 686. The molecule has 0 aromatic heterocycles. The zero-order valence-electron chi connectivity index (χ0n) is 11.8. The minimum atomic E-state index is -0.411. The van der Waals surface area contributed by atoms with Gasteiger partial charge in [0.15, 0.2) is 0 Å². The van der Waals surface area contributed by atoms with Gasteiger partial charge in [0.25, 0.3) is 0 Å². The summed E-state index contributed by atoms with van der Waals surface area (Å²) in [5.74, 6) is 0.359. The predicted octanol–water partition coefficient (Wildman–Crippen LogP) is 4.20. The monoisotopic (exact) mass is 269 g/mol. The highest BCUT2D eigenvalue weighted by Gasteiger charge is 2.07. The highest BCUT2D eigenvalue weighted by molar-refractivity contribution is 5.42. The minimum absolute atomic E-state index is 0.154. The van der Waals surface area contributed by atoms with Gasteiger partial charge in [-0.3, -0.25) is 0 Å². The average Bonchev–Trinajstić information content (AvgIpc) is 2.42. The number of benzene rings is 2. The van der Waals surface area contributed by atoms with Crippen LogP contribution >= 0.6 is 0 Å². The van der Waals surface area contributed by atoms with Crippen LogP contribution in [-0.2, 0) is 6.61 Å². The van der Waals surface area contributed by atoms with Crippen molar-refractivity contribution in [2.75, 3.05) is 0 Å². The number of halogens is 1. The van der Waals surface area contributed by atoms with Crippen LogP contribution in [0.5, 0.6) is 5.75 Å². The third-order valence-electron chi connectivity index (χ3n) is 3.33. The topological polar surface area (TPSA) is 33.0 Å². The van der Waals surface area contributed by atoms with Gasteiger partial charge in [0.05, 0.1) is 11.6 Å². The standard InChI is InChI=1S/C17H16FNO/c1-11-6-12(2)13(3)17(7-11)20-10-15-5-4-14(9-19)8-16(15)18/h4-8H,10H2,1-3H3. The SMILES string of the molecule is Cc1cc(C)c(C)c(OCc2ccc(C#N)cc2F)c1. The molecule has 20 heavy (non-hydrogen) atoms. The van der Waals surface area contributed by atoms with Crippen molar-refractivity contribution in [3.8, 4) is 11.8 Å². The fraction of sp³-hybridized carbons (Fsp3) is 0.235. The normalized spacial score (nSPS) is 10.2. The van der Waals surface area contributed by atoms with Crippen LogP contribution < -0.4 is 4.74 Å². The van der Waals surface area contributed by atoms with Crippen molar-refractivity contribution in [1.29, 1.82) is 5.26 Å². The average molecular weight is 269 g/mol. The van der Waals surface area contributed by atoms with E-state index in [2.05, 4.69) is 6.07 Å². The van der Waals surface area contributed by atoms with Crippen molar-refractivity contribution >= 4 is 0 Å². The van der Waals surface area contributed by atoms with Gasteiger partial charge < -0.3 is 4.74 Å². The first-order valence-electron chi connectivity index (χ1n) is 6.40. The molecule has 0 aliphatic carbocycles. The molecule has 2 nitrogen and oxygen atoms in total. The van der Waals surface area contributed by atoms with E-state index in [4.69, 9.17) is 10.00 Å². The molecule has 0 radical (unpaired) electrons. The van der Waals surface area contributed by atoms with Crippen LogP contribution in [0.2, 0.25) is 0 Å². The van der Waals surface area contributed by atoms with E-state index in [0.29, 0.717) is 11.1 Å². The van der Waals surface area contributed by atoms with Gasteiger partial charge in [-0.1, -0.05) is 12.1 Å². The molecule has 0 aliphatic rings. The molecule has 0 aliphatic heterocycles. The smallest absolute Gasteiger partial charge is 0.131 e. The Morgan fingerprint density at radius 1 is 1.15 bits per heavy atom. The summed E-state index contributed by atoms with van der Waals surface area (Å²) in [6.07, 6.45) is 0. The fourth-order valence-electron chi connectivity index (χ4n) is 2.04. The van der Waals surface area contributed by atoms with E-state index >= 15 is 0 Å². The largest absolute Gasteiger partial charge is 0.489 e. The maximum Gasteiger partial charge on any atom is 0.131 e. The summed E-state index contributed by atoms with van der Waals surface area (Å²) in [4.78, 5) is 0. The van der Waals surface area contributed by atoms with Gasteiger partial charge >= 0.3 is 0 Å². The van der Waals surface area contributed by atoms with Crippen molar-refractivity contribution in [2.24, 2.45) is 0 Å². The molecule has 2 aromatic carbocycles. The first kappa shape index (κ1) is 14.1. The van der Waals surface area contributed by atoms with Gasteiger partial charge in [0.2, 0.25) is 0 Å². The number of nitrogens with zero attached hydrogens (tertiary/aromatic N) is 1. The zero-order valence-corrected chi connectivity index (χ0v) is 11.8. The van der Waals surface area contributed by atoms with Crippen LogP contribution in [0.1, 0.15) is 27.8 Å². The molecular weight excluding hydrogens is 253 g/mol. The summed E-state index contributed by atoms with van der Waals surface area (Å²) >= 11 is 0. The number of hydrogen-bond acceptors (Lipinski definition) is 2. The summed E-state index contributed by atoms with van der Waals surface area (Å²) in [6.45, 7) is 6.17. The minimum Gasteiger partial charge on any atom is -0.489 e. The van der Waals surface area contributed by atoms with Gasteiger partial charge in [-0.05, 0) is 55.7 Å². The van der Waals surface area contributed by atoms with E-state index in [0.717, 1.165) is 22.4 Å². The van der Waals surface area contributed by atoms with Crippen molar-refractivity contribution in [3.05, 3.63) is 64.0 Å². The Balaban J connectivity index is 2.19. The summed E-state index contributed by atoms with van der Waals surface area (Å²) < 4.78 is 19.5. The van der Waals surface area contributed by atoms with E-state index in [1.807, 2.05) is 32.9 Å². The summed E-state index contributed by atoms with van der Waals surface area (Å²) in [7, 11) is 0. The summed E-state index contributed by atoms with van der Waals surface area (Å²) in [5, 5.41) is 8.71. The van der Waals surface area contributed by atoms with Crippen LogP contribution in [-0.4, -0.2) is 0 Å². The van der Waals surface area contributed by atoms with Crippen LogP contribution in [0.25, 0.3) is 0 Å². The molecule has 2 rings (SSSR count). The van der Waals surface area contributed by atoms with Crippen molar-refractivity contribution < 1.29 is 9.13 Å². The van der Waals surface area contributed by atoms with E-state index in [1.165, 1.54) is 6.07 Å². The van der Waals surface area contributed by atoms with Crippen LogP contribution in [0, 0.1) is 37.9 Å². The van der Waals surface area contributed by atoms with Crippen LogP contribution in [0.15, 0.2) is 30.3 Å². The van der Waals surface area contributed by atoms with E-state index in [9.17, 15) is 4.39 Å². The lowest BCUT2D eigenvalue weighted by molar-refractivity contribution is 0.297. The summed E-state index contributed by atoms with van der Waals surface area (Å²) in [6, 6.07) is 10.4. The number of hydrogen-bond donors (Lipinski definition) is 0. The fourth-order valence-corrected chi connectivity index (χ4v) is 2.04. The molecule has 0 saturated heterocycles. The lowest BCUT2D eigenvalue weighted by Gasteiger charge is -2.13. The Kier molecular flexibility index (Phi) is 4.05. The quantitative estimate of drug-likeness (QED) is 0.836. The maximum atomic E-state index is 13.8. The lowest BCUT2D eigenvalue weighted by Crippen LogP contribution is -2.01. The van der Waals surface area contributed by atoms with Gasteiger partial charge in [0.1, 0.15) is 18.2 Å². The second kappa shape index (κ2) is 5.75. The molecule has 0 unspecified atom stereocenters. The molecule has 3 heteroatoms. The summed E-state index contributed by atoms with van der Waals surface area (Å²) in [5.41, 5.74) is 4.09. The third kappa shape index (κ3) is 2.97. The maximum absolute atomic E-state index is 13.8. The van der Waals surface area contributed by atoms with Gasteiger partial charge in [-0.25, -0.2) is 4.39 Å². The van der Waals surface area contributed by atoms with Crippen LogP contribution in [0.3, 0.4) is 0 Å². The van der Waals surface area contributed by atoms with Crippen molar-refractivity contribution in [2.45, 2.75) is 27.4 Å². The molecule has 0 spiro atoms. The van der Waals surface area contributed by atoms with E-state index in [1.54, 1.807) is 12.1 Å². The molecule has 0 heterocycles. The van der Waals surface area contributed by atoms with Gasteiger partial charge in [-0.2, -0.15) is 5.26 Å². The Hall–Kier alpha value is -2.34. The second-order valence-electron chi connectivity index (χ2n) is 4.91. The Morgan fingerprint density at radius 2 is 1.90 bits per heavy atom. The molecule has 0 N–H and O–H groups in total. The zero-order chi connectivity index (χ0) is 14.7. The van der Waals surface area contributed by atoms with E-state index < -0.39 is 5.82 Å². The predicted molar refractivity (Wildman–Crippen MR) is 76.1 cm³/mol. The van der Waals surface area contributed by atoms with Crippen molar-refractivity contribution in [3.63, 3.8) is 0 Å². The number of rotatable bonds is 3.